The van der Waals surface area contributed by atoms with E-state index in [-0.39, 0.29) is 5.91 Å². The first-order chi connectivity index (χ1) is 9.67. The van der Waals surface area contributed by atoms with Crippen molar-refractivity contribution in [2.24, 2.45) is 0 Å². The van der Waals surface area contributed by atoms with Crippen molar-refractivity contribution < 1.29 is 9.53 Å². The summed E-state index contributed by atoms with van der Waals surface area (Å²) in [6, 6.07) is 13.7. The molecule has 0 heterocycles. The van der Waals surface area contributed by atoms with Gasteiger partial charge in [-0.2, -0.15) is 5.26 Å². The van der Waals surface area contributed by atoms with Crippen LogP contribution in [0.25, 0.3) is 0 Å². The van der Waals surface area contributed by atoms with Gasteiger partial charge in [0, 0.05) is 0 Å². The lowest BCUT2D eigenvalue weighted by Crippen LogP contribution is -2.14. The van der Waals surface area contributed by atoms with E-state index in [0.717, 1.165) is 0 Å². The number of hydrogen-bond acceptors (Lipinski definition) is 4. The lowest BCUT2D eigenvalue weighted by atomic mass is 10.1. The molecule has 0 spiro atoms. The monoisotopic (exact) mass is 267 g/mol. The zero-order valence-electron chi connectivity index (χ0n) is 10.9. The molecule has 5 nitrogen and oxygen atoms in total. The van der Waals surface area contributed by atoms with Crippen LogP contribution in [0.5, 0.6) is 5.75 Å². The maximum absolute atomic E-state index is 12.3. The maximum Gasteiger partial charge on any atom is 0.259 e. The van der Waals surface area contributed by atoms with Gasteiger partial charge in [-0.15, -0.1) is 0 Å². The van der Waals surface area contributed by atoms with Crippen molar-refractivity contribution in [3.63, 3.8) is 0 Å². The quantitative estimate of drug-likeness (QED) is 0.836. The van der Waals surface area contributed by atoms with Crippen molar-refractivity contribution in [1.29, 1.82) is 5.26 Å². The van der Waals surface area contributed by atoms with E-state index in [4.69, 9.17) is 15.7 Å². The van der Waals surface area contributed by atoms with E-state index in [9.17, 15) is 4.79 Å². The minimum absolute atomic E-state index is 0.319. The van der Waals surface area contributed by atoms with E-state index in [1.807, 2.05) is 6.07 Å². The summed E-state index contributed by atoms with van der Waals surface area (Å²) in [6.07, 6.45) is 0. The average molecular weight is 267 g/mol. The molecule has 2 rings (SSSR count). The van der Waals surface area contributed by atoms with Crippen molar-refractivity contribution >= 4 is 17.3 Å². The number of benzene rings is 2. The van der Waals surface area contributed by atoms with Crippen LogP contribution in [0.1, 0.15) is 15.9 Å². The largest absolute Gasteiger partial charge is 0.494 e. The van der Waals surface area contributed by atoms with Crippen LogP contribution in [-0.2, 0) is 0 Å². The van der Waals surface area contributed by atoms with Crippen LogP contribution in [0.15, 0.2) is 42.5 Å². The van der Waals surface area contributed by atoms with Gasteiger partial charge >= 0.3 is 0 Å². The van der Waals surface area contributed by atoms with Crippen LogP contribution in [0.4, 0.5) is 11.4 Å². The molecule has 0 aromatic heterocycles. The Kier molecular flexibility index (Phi) is 3.87. The number of nitrogens with two attached hydrogens (primary N) is 1. The number of carbonyl (C=O) groups excluding carboxylic acids is 1. The molecular formula is C15H13N3O2. The summed E-state index contributed by atoms with van der Waals surface area (Å²) in [7, 11) is 1.45. The Hall–Kier alpha value is -3.00. The first kappa shape index (κ1) is 13.4. The van der Waals surface area contributed by atoms with Crippen LogP contribution in [-0.4, -0.2) is 13.0 Å². The van der Waals surface area contributed by atoms with Crippen LogP contribution >= 0.6 is 0 Å². The minimum atomic E-state index is -0.378. The molecule has 0 radical (unpaired) electrons. The zero-order chi connectivity index (χ0) is 14.5. The molecule has 1 amide bonds. The number of carbonyl (C=O) groups is 1. The molecule has 20 heavy (non-hydrogen) atoms. The van der Waals surface area contributed by atoms with Crippen molar-refractivity contribution in [3.05, 3.63) is 53.6 Å². The molecule has 0 unspecified atom stereocenters. The number of nitriles is 1. The highest BCUT2D eigenvalue weighted by Gasteiger charge is 2.15. The Balaban J connectivity index is 2.34. The lowest BCUT2D eigenvalue weighted by molar-refractivity contribution is 0.102. The zero-order valence-corrected chi connectivity index (χ0v) is 10.9. The van der Waals surface area contributed by atoms with Gasteiger partial charge in [-0.3, -0.25) is 4.79 Å². The van der Waals surface area contributed by atoms with Gasteiger partial charge in [-0.1, -0.05) is 18.2 Å². The summed E-state index contributed by atoms with van der Waals surface area (Å²) in [5.41, 5.74) is 7.31. The van der Waals surface area contributed by atoms with E-state index in [1.165, 1.54) is 7.11 Å². The van der Waals surface area contributed by atoms with Gasteiger partial charge in [0.05, 0.1) is 29.6 Å². The number of nitrogens with zero attached hydrogens (tertiary/aromatic N) is 1. The maximum atomic E-state index is 12.3. The summed E-state index contributed by atoms with van der Waals surface area (Å²) in [5, 5.41) is 11.7. The molecular weight excluding hydrogens is 254 g/mol. The van der Waals surface area contributed by atoms with Gasteiger partial charge in [0.25, 0.3) is 5.91 Å². The molecule has 0 bridgehead atoms. The molecule has 0 aliphatic heterocycles. The number of amides is 1. The Labute approximate surface area is 116 Å². The summed E-state index contributed by atoms with van der Waals surface area (Å²) in [6.45, 7) is 0. The average Bonchev–Trinajstić information content (AvgIpc) is 2.47. The molecule has 0 saturated carbocycles. The number of rotatable bonds is 3. The molecule has 0 aliphatic carbocycles. The fraction of sp³-hybridized carbons (Fsp3) is 0.0667. The molecule has 100 valence electrons. The van der Waals surface area contributed by atoms with Crippen LogP contribution in [0.2, 0.25) is 0 Å². The lowest BCUT2D eigenvalue weighted by Gasteiger charge is -2.11. The summed E-state index contributed by atoms with van der Waals surface area (Å²) >= 11 is 0. The molecule has 3 N–H and O–H groups in total. The van der Waals surface area contributed by atoms with Gasteiger partial charge in [0.1, 0.15) is 6.07 Å². The topological polar surface area (TPSA) is 88.1 Å². The van der Waals surface area contributed by atoms with E-state index < -0.39 is 0 Å². The molecule has 2 aromatic rings. The standard InChI is InChI=1S/C15H13N3O2/c1-20-14-11(6-4-7-12(14)17)15(19)18-13-8-3-2-5-10(13)9-16/h2-8H,17H2,1H3,(H,18,19). The van der Waals surface area contributed by atoms with Gasteiger partial charge in [0.15, 0.2) is 5.75 Å². The Bertz CT molecular complexity index is 690. The predicted molar refractivity (Wildman–Crippen MR) is 76.5 cm³/mol. The fourth-order valence-corrected chi connectivity index (χ4v) is 1.84. The Morgan fingerprint density at radius 2 is 2.00 bits per heavy atom. The second-order valence-electron chi connectivity index (χ2n) is 4.04. The number of nitrogen functional groups attached to an aromatic ring is 1. The second-order valence-corrected chi connectivity index (χ2v) is 4.04. The number of methoxy groups -OCH3 is 1. The second kappa shape index (κ2) is 5.76. The Morgan fingerprint density at radius 1 is 1.25 bits per heavy atom. The molecule has 0 fully saturated rings. The molecule has 0 aliphatic rings. The third-order valence-corrected chi connectivity index (χ3v) is 2.79. The first-order valence-electron chi connectivity index (χ1n) is 5.90. The highest BCUT2D eigenvalue weighted by atomic mass is 16.5. The van der Waals surface area contributed by atoms with Crippen molar-refractivity contribution in [2.75, 3.05) is 18.2 Å². The number of para-hydroxylation sites is 2. The first-order valence-corrected chi connectivity index (χ1v) is 5.90. The van der Waals surface area contributed by atoms with Crippen molar-refractivity contribution in [2.45, 2.75) is 0 Å². The van der Waals surface area contributed by atoms with Gasteiger partial charge in [-0.05, 0) is 24.3 Å². The van der Waals surface area contributed by atoms with E-state index >= 15 is 0 Å². The van der Waals surface area contributed by atoms with Gasteiger partial charge < -0.3 is 15.8 Å². The fourth-order valence-electron chi connectivity index (χ4n) is 1.84. The third kappa shape index (κ3) is 2.54. The molecule has 0 atom stereocenters. The van der Waals surface area contributed by atoms with Crippen LogP contribution < -0.4 is 15.8 Å². The normalized spacial score (nSPS) is 9.60. The summed E-state index contributed by atoms with van der Waals surface area (Å²) < 4.78 is 5.14. The molecule has 2 aromatic carbocycles. The highest BCUT2D eigenvalue weighted by molar-refractivity contribution is 6.07. The SMILES string of the molecule is COc1c(N)cccc1C(=O)Nc1ccccc1C#N. The number of hydrogen-bond donors (Lipinski definition) is 2. The predicted octanol–water partition coefficient (Wildman–Crippen LogP) is 2.40. The van der Waals surface area contributed by atoms with Gasteiger partial charge in [-0.25, -0.2) is 0 Å². The van der Waals surface area contributed by atoms with Crippen LogP contribution in [0, 0.1) is 11.3 Å². The van der Waals surface area contributed by atoms with Crippen molar-refractivity contribution in [3.8, 4) is 11.8 Å². The van der Waals surface area contributed by atoms with E-state index in [1.54, 1.807) is 42.5 Å². The van der Waals surface area contributed by atoms with E-state index in [2.05, 4.69) is 5.32 Å². The number of nitrogens with one attached hydrogen (secondary N) is 1. The molecule has 5 heteroatoms. The minimum Gasteiger partial charge on any atom is -0.494 e. The van der Waals surface area contributed by atoms with E-state index in [0.29, 0.717) is 28.3 Å². The number of anilines is 2. The van der Waals surface area contributed by atoms with Crippen LogP contribution in [0.3, 0.4) is 0 Å². The summed E-state index contributed by atoms with van der Waals surface area (Å²) in [5.74, 6) is -0.0590. The third-order valence-electron chi connectivity index (χ3n) is 2.79. The van der Waals surface area contributed by atoms with Crippen molar-refractivity contribution in [1.82, 2.24) is 0 Å². The summed E-state index contributed by atoms with van der Waals surface area (Å²) in [4.78, 5) is 12.3. The van der Waals surface area contributed by atoms with Gasteiger partial charge in [0.2, 0.25) is 0 Å². The smallest absolute Gasteiger partial charge is 0.259 e. The Morgan fingerprint density at radius 3 is 2.70 bits per heavy atom. The number of ether oxygens (including phenoxy) is 1. The molecule has 0 saturated heterocycles. The highest BCUT2D eigenvalue weighted by Crippen LogP contribution is 2.27.